The highest BCUT2D eigenvalue weighted by Crippen LogP contribution is 2.09. The van der Waals surface area contributed by atoms with Crippen molar-refractivity contribution in [1.82, 2.24) is 0 Å². The normalized spacial score (nSPS) is 10.0. The quantitative estimate of drug-likeness (QED) is 0.754. The maximum Gasteiger partial charge on any atom is 0.250 e. The molecule has 1 aromatic rings. The molecular weight excluding hydrogens is 194 g/mol. The molecule has 1 amide bonds. The minimum Gasteiger partial charge on any atom is -0.396 e. The van der Waals surface area contributed by atoms with Crippen LogP contribution in [0.2, 0.25) is 0 Å². The van der Waals surface area contributed by atoms with E-state index in [4.69, 9.17) is 9.84 Å². The summed E-state index contributed by atoms with van der Waals surface area (Å²) in [7, 11) is 1.48. The van der Waals surface area contributed by atoms with Crippen molar-refractivity contribution in [3.05, 3.63) is 29.8 Å². The molecule has 0 aliphatic heterocycles. The standard InChI is InChI=1S/C11H15NO3/c1-15-8-11(14)12-10-4-2-9(3-5-10)6-7-13/h2-5,13H,6-8H2,1H3,(H,12,14). The summed E-state index contributed by atoms with van der Waals surface area (Å²) in [5, 5.41) is 11.4. The van der Waals surface area contributed by atoms with Crippen molar-refractivity contribution in [3.63, 3.8) is 0 Å². The summed E-state index contributed by atoms with van der Waals surface area (Å²) in [6.45, 7) is 0.188. The molecule has 0 heterocycles. The Morgan fingerprint density at radius 1 is 1.40 bits per heavy atom. The maximum absolute atomic E-state index is 11.1. The Hall–Kier alpha value is -1.39. The van der Waals surface area contributed by atoms with Gasteiger partial charge in [-0.25, -0.2) is 0 Å². The highest BCUT2D eigenvalue weighted by molar-refractivity contribution is 5.91. The van der Waals surface area contributed by atoms with Crippen LogP contribution in [-0.4, -0.2) is 31.3 Å². The lowest BCUT2D eigenvalue weighted by Gasteiger charge is -2.05. The summed E-state index contributed by atoms with van der Waals surface area (Å²) in [6.07, 6.45) is 0.631. The Morgan fingerprint density at radius 3 is 2.60 bits per heavy atom. The van der Waals surface area contributed by atoms with Gasteiger partial charge in [-0.1, -0.05) is 12.1 Å². The summed E-state index contributed by atoms with van der Waals surface area (Å²) >= 11 is 0. The maximum atomic E-state index is 11.1. The van der Waals surface area contributed by atoms with Gasteiger partial charge in [-0.3, -0.25) is 4.79 Å². The molecule has 1 aromatic carbocycles. The topological polar surface area (TPSA) is 58.6 Å². The summed E-state index contributed by atoms with van der Waals surface area (Å²) in [5.74, 6) is -0.174. The van der Waals surface area contributed by atoms with Gasteiger partial charge in [0, 0.05) is 19.4 Å². The fourth-order valence-electron chi connectivity index (χ4n) is 1.21. The molecule has 0 aromatic heterocycles. The fraction of sp³-hybridized carbons (Fsp3) is 0.364. The second-order valence-electron chi connectivity index (χ2n) is 3.15. The Morgan fingerprint density at radius 2 is 2.07 bits per heavy atom. The van der Waals surface area contributed by atoms with Crippen molar-refractivity contribution in [3.8, 4) is 0 Å². The molecule has 0 radical (unpaired) electrons. The number of carbonyl (C=O) groups excluding carboxylic acids is 1. The van der Waals surface area contributed by atoms with Crippen molar-refractivity contribution < 1.29 is 14.6 Å². The third kappa shape index (κ3) is 4.10. The average Bonchev–Trinajstić information content (AvgIpc) is 2.22. The van der Waals surface area contributed by atoms with Gasteiger partial charge in [-0.2, -0.15) is 0 Å². The number of carbonyl (C=O) groups is 1. The summed E-state index contributed by atoms with van der Waals surface area (Å²) in [4.78, 5) is 11.1. The molecule has 1 rings (SSSR count). The molecule has 82 valence electrons. The molecule has 0 fully saturated rings. The second-order valence-corrected chi connectivity index (χ2v) is 3.15. The van der Waals surface area contributed by atoms with E-state index in [-0.39, 0.29) is 19.1 Å². The second kappa shape index (κ2) is 6.16. The van der Waals surface area contributed by atoms with Crippen molar-refractivity contribution in [1.29, 1.82) is 0 Å². The third-order valence-electron chi connectivity index (χ3n) is 1.91. The zero-order valence-corrected chi connectivity index (χ0v) is 8.69. The molecule has 4 nitrogen and oxygen atoms in total. The zero-order chi connectivity index (χ0) is 11.1. The van der Waals surface area contributed by atoms with Crippen LogP contribution < -0.4 is 5.32 Å². The molecule has 0 spiro atoms. The predicted molar refractivity (Wildman–Crippen MR) is 57.7 cm³/mol. The number of hydrogen-bond acceptors (Lipinski definition) is 3. The van der Waals surface area contributed by atoms with Crippen LogP contribution in [0.5, 0.6) is 0 Å². The Bertz CT molecular complexity index is 308. The molecule has 0 unspecified atom stereocenters. The SMILES string of the molecule is COCC(=O)Nc1ccc(CCO)cc1. The Balaban J connectivity index is 2.52. The van der Waals surface area contributed by atoms with Crippen LogP contribution in [0.15, 0.2) is 24.3 Å². The third-order valence-corrected chi connectivity index (χ3v) is 1.91. The van der Waals surface area contributed by atoms with Crippen LogP contribution in [0.4, 0.5) is 5.69 Å². The molecule has 0 saturated carbocycles. The lowest BCUT2D eigenvalue weighted by atomic mass is 10.1. The molecule has 4 heteroatoms. The summed E-state index contributed by atoms with van der Waals surface area (Å²) in [5.41, 5.74) is 1.78. The van der Waals surface area contributed by atoms with Crippen molar-refractivity contribution in [2.24, 2.45) is 0 Å². The van der Waals surface area contributed by atoms with Crippen LogP contribution in [0.1, 0.15) is 5.56 Å². The zero-order valence-electron chi connectivity index (χ0n) is 8.69. The van der Waals surface area contributed by atoms with Crippen LogP contribution in [0.3, 0.4) is 0 Å². The van der Waals surface area contributed by atoms with Crippen LogP contribution in [0, 0.1) is 0 Å². The van der Waals surface area contributed by atoms with Crippen LogP contribution >= 0.6 is 0 Å². The summed E-state index contributed by atoms with van der Waals surface area (Å²) < 4.78 is 4.69. The lowest BCUT2D eigenvalue weighted by molar-refractivity contribution is -0.119. The molecule has 2 N–H and O–H groups in total. The molecular formula is C11H15NO3. The van der Waals surface area contributed by atoms with E-state index < -0.39 is 0 Å². The van der Waals surface area contributed by atoms with E-state index in [1.807, 2.05) is 12.1 Å². The van der Waals surface area contributed by atoms with Gasteiger partial charge in [0.1, 0.15) is 6.61 Å². The van der Waals surface area contributed by atoms with Gasteiger partial charge in [-0.15, -0.1) is 0 Å². The smallest absolute Gasteiger partial charge is 0.250 e. The molecule has 0 atom stereocenters. The highest BCUT2D eigenvalue weighted by atomic mass is 16.5. The van der Waals surface area contributed by atoms with E-state index in [2.05, 4.69) is 5.32 Å². The number of aliphatic hydroxyl groups excluding tert-OH is 1. The number of nitrogens with one attached hydrogen (secondary N) is 1. The monoisotopic (exact) mass is 209 g/mol. The first-order chi connectivity index (χ1) is 7.26. The largest absolute Gasteiger partial charge is 0.396 e. The number of rotatable bonds is 5. The van der Waals surface area contributed by atoms with E-state index in [9.17, 15) is 4.79 Å². The molecule has 0 aliphatic carbocycles. The number of aliphatic hydroxyl groups is 1. The van der Waals surface area contributed by atoms with Gasteiger partial charge in [0.05, 0.1) is 0 Å². The van der Waals surface area contributed by atoms with Gasteiger partial charge in [0.15, 0.2) is 0 Å². The molecule has 0 saturated heterocycles. The molecule has 0 aliphatic rings. The van der Waals surface area contributed by atoms with E-state index in [1.165, 1.54) is 7.11 Å². The number of hydrogen-bond donors (Lipinski definition) is 2. The minimum absolute atomic E-state index is 0.0540. The number of ether oxygens (including phenoxy) is 1. The van der Waals surface area contributed by atoms with Crippen molar-refractivity contribution >= 4 is 11.6 Å². The molecule has 15 heavy (non-hydrogen) atoms. The van der Waals surface area contributed by atoms with Gasteiger partial charge < -0.3 is 15.2 Å². The number of amides is 1. The first-order valence-electron chi connectivity index (χ1n) is 4.75. The van der Waals surface area contributed by atoms with E-state index >= 15 is 0 Å². The van der Waals surface area contributed by atoms with Gasteiger partial charge in [-0.05, 0) is 24.1 Å². The van der Waals surface area contributed by atoms with Gasteiger partial charge >= 0.3 is 0 Å². The van der Waals surface area contributed by atoms with Gasteiger partial charge in [0.25, 0.3) is 0 Å². The Kier molecular flexibility index (Phi) is 4.80. The fourth-order valence-corrected chi connectivity index (χ4v) is 1.21. The van der Waals surface area contributed by atoms with Crippen molar-refractivity contribution in [2.45, 2.75) is 6.42 Å². The first-order valence-corrected chi connectivity index (χ1v) is 4.75. The highest BCUT2D eigenvalue weighted by Gasteiger charge is 2.00. The number of anilines is 1. The minimum atomic E-state index is -0.174. The number of methoxy groups -OCH3 is 1. The Labute approximate surface area is 88.9 Å². The predicted octanol–water partition coefficient (Wildman–Crippen LogP) is 0.806. The van der Waals surface area contributed by atoms with Gasteiger partial charge in [0.2, 0.25) is 5.91 Å². The van der Waals surface area contributed by atoms with Crippen LogP contribution in [0.25, 0.3) is 0 Å². The van der Waals surface area contributed by atoms with E-state index in [0.29, 0.717) is 6.42 Å². The first kappa shape index (κ1) is 11.7. The summed E-state index contributed by atoms with van der Waals surface area (Å²) in [6, 6.07) is 7.36. The van der Waals surface area contributed by atoms with E-state index in [1.54, 1.807) is 12.1 Å². The molecule has 0 bridgehead atoms. The van der Waals surface area contributed by atoms with Crippen molar-refractivity contribution in [2.75, 3.05) is 25.6 Å². The lowest BCUT2D eigenvalue weighted by Crippen LogP contribution is -2.16. The average molecular weight is 209 g/mol. The van der Waals surface area contributed by atoms with Crippen LogP contribution in [-0.2, 0) is 16.0 Å². The number of benzene rings is 1. The van der Waals surface area contributed by atoms with E-state index in [0.717, 1.165) is 11.3 Å².